The van der Waals surface area contributed by atoms with Crippen LogP contribution < -0.4 is 11.1 Å². The predicted molar refractivity (Wildman–Crippen MR) is 70.7 cm³/mol. The number of fused-ring (bicyclic) bond motifs is 1. The molecule has 2 aromatic rings. The molecule has 0 fully saturated rings. The van der Waals surface area contributed by atoms with Gasteiger partial charge in [-0.3, -0.25) is 15.1 Å². The highest BCUT2D eigenvalue weighted by atomic mass is 16.2. The fourth-order valence-electron chi connectivity index (χ4n) is 1.76. The second-order valence-electron chi connectivity index (χ2n) is 4.03. The van der Waals surface area contributed by atoms with Crippen molar-refractivity contribution in [1.29, 1.82) is 0 Å². The summed E-state index contributed by atoms with van der Waals surface area (Å²) < 4.78 is 0. The van der Waals surface area contributed by atoms with Crippen molar-refractivity contribution in [2.75, 3.05) is 17.6 Å². The Bertz CT molecular complexity index is 687. The van der Waals surface area contributed by atoms with Gasteiger partial charge in [-0.1, -0.05) is 6.08 Å². The van der Waals surface area contributed by atoms with E-state index in [0.29, 0.717) is 17.7 Å². The van der Waals surface area contributed by atoms with E-state index >= 15 is 0 Å². The molecule has 0 aromatic carbocycles. The average molecular weight is 257 g/mol. The number of carbonyl (C=O) groups excluding carboxylic acids is 1. The van der Waals surface area contributed by atoms with Gasteiger partial charge in [-0.25, -0.2) is 4.98 Å². The molecule has 0 aliphatic carbocycles. The van der Waals surface area contributed by atoms with Gasteiger partial charge in [0, 0.05) is 6.21 Å². The number of imidazole rings is 1. The van der Waals surface area contributed by atoms with E-state index in [9.17, 15) is 4.79 Å². The van der Waals surface area contributed by atoms with Crippen molar-refractivity contribution in [3.8, 4) is 0 Å². The summed E-state index contributed by atoms with van der Waals surface area (Å²) >= 11 is 0. The molecule has 0 saturated carbocycles. The lowest BCUT2D eigenvalue weighted by molar-refractivity contribution is -0.118. The third-order valence-corrected chi connectivity index (χ3v) is 2.72. The maximum atomic E-state index is 12.0. The number of aromatic amines is 1. The SMILES string of the molecule is Nc1nc(NC(=O)C2C=CC=NC2)nc2nc[nH]c12. The zero-order valence-electron chi connectivity index (χ0n) is 9.87. The minimum Gasteiger partial charge on any atom is -0.382 e. The summed E-state index contributed by atoms with van der Waals surface area (Å²) in [6.45, 7) is 0.419. The molecule has 4 N–H and O–H groups in total. The van der Waals surface area contributed by atoms with E-state index in [0.717, 1.165) is 0 Å². The fourth-order valence-corrected chi connectivity index (χ4v) is 1.76. The summed E-state index contributed by atoms with van der Waals surface area (Å²) in [6.07, 6.45) is 6.65. The number of nitrogen functional groups attached to an aromatic ring is 1. The number of rotatable bonds is 2. The molecule has 0 bridgehead atoms. The van der Waals surface area contributed by atoms with E-state index < -0.39 is 0 Å². The van der Waals surface area contributed by atoms with Crippen LogP contribution in [0.5, 0.6) is 0 Å². The van der Waals surface area contributed by atoms with Gasteiger partial charge in [0.2, 0.25) is 11.9 Å². The van der Waals surface area contributed by atoms with E-state index in [1.165, 1.54) is 6.33 Å². The van der Waals surface area contributed by atoms with Gasteiger partial charge in [-0.2, -0.15) is 9.97 Å². The monoisotopic (exact) mass is 257 g/mol. The molecule has 8 nitrogen and oxygen atoms in total. The van der Waals surface area contributed by atoms with Gasteiger partial charge in [0.15, 0.2) is 11.5 Å². The topological polar surface area (TPSA) is 122 Å². The lowest BCUT2D eigenvalue weighted by Gasteiger charge is -2.11. The Morgan fingerprint density at radius 3 is 3.16 bits per heavy atom. The molecule has 1 atom stereocenters. The molecule has 1 aliphatic rings. The normalized spacial score (nSPS) is 17.8. The van der Waals surface area contributed by atoms with Crippen LogP contribution in [-0.4, -0.2) is 38.6 Å². The smallest absolute Gasteiger partial charge is 0.235 e. The Hall–Kier alpha value is -2.77. The van der Waals surface area contributed by atoms with Crippen LogP contribution in [0.15, 0.2) is 23.5 Å². The maximum Gasteiger partial charge on any atom is 0.235 e. The van der Waals surface area contributed by atoms with Crippen molar-refractivity contribution < 1.29 is 4.79 Å². The number of carbonyl (C=O) groups is 1. The maximum absolute atomic E-state index is 12.0. The number of allylic oxidation sites excluding steroid dienone is 1. The van der Waals surface area contributed by atoms with Crippen LogP contribution >= 0.6 is 0 Å². The van der Waals surface area contributed by atoms with Crippen LogP contribution in [-0.2, 0) is 4.79 Å². The summed E-state index contributed by atoms with van der Waals surface area (Å²) in [4.78, 5) is 30.9. The Morgan fingerprint density at radius 2 is 2.37 bits per heavy atom. The molecule has 0 saturated heterocycles. The van der Waals surface area contributed by atoms with E-state index in [-0.39, 0.29) is 23.6 Å². The number of hydrogen-bond acceptors (Lipinski definition) is 6. The summed E-state index contributed by atoms with van der Waals surface area (Å²) in [7, 11) is 0. The van der Waals surface area contributed by atoms with Crippen molar-refractivity contribution in [2.45, 2.75) is 0 Å². The number of aliphatic imine (C=N–C) groups is 1. The van der Waals surface area contributed by atoms with Crippen molar-refractivity contribution in [2.24, 2.45) is 10.9 Å². The lowest BCUT2D eigenvalue weighted by atomic mass is 10.1. The van der Waals surface area contributed by atoms with E-state index in [4.69, 9.17) is 5.73 Å². The van der Waals surface area contributed by atoms with Crippen LogP contribution in [0.1, 0.15) is 0 Å². The lowest BCUT2D eigenvalue weighted by Crippen LogP contribution is -2.25. The van der Waals surface area contributed by atoms with Gasteiger partial charge in [0.25, 0.3) is 0 Å². The van der Waals surface area contributed by atoms with E-state index in [1.807, 2.05) is 0 Å². The molecular weight excluding hydrogens is 246 g/mol. The fraction of sp³-hybridized carbons (Fsp3) is 0.182. The molecule has 0 radical (unpaired) electrons. The van der Waals surface area contributed by atoms with Crippen molar-refractivity contribution >= 4 is 35.1 Å². The van der Waals surface area contributed by atoms with E-state index in [2.05, 4.69) is 30.2 Å². The first-order valence-electron chi connectivity index (χ1n) is 5.68. The predicted octanol–water partition coefficient (Wildman–Crippen LogP) is 0.130. The van der Waals surface area contributed by atoms with Gasteiger partial charge in [0.05, 0.1) is 18.8 Å². The zero-order valence-corrected chi connectivity index (χ0v) is 9.87. The van der Waals surface area contributed by atoms with Crippen molar-refractivity contribution in [1.82, 2.24) is 19.9 Å². The highest BCUT2D eigenvalue weighted by Crippen LogP contribution is 2.16. The molecule has 96 valence electrons. The van der Waals surface area contributed by atoms with Gasteiger partial charge >= 0.3 is 0 Å². The summed E-state index contributed by atoms with van der Waals surface area (Å²) in [5.74, 6) is -0.146. The minimum atomic E-state index is -0.315. The largest absolute Gasteiger partial charge is 0.382 e. The second kappa shape index (κ2) is 4.48. The van der Waals surface area contributed by atoms with Crippen LogP contribution in [0.2, 0.25) is 0 Å². The molecular formula is C11H11N7O. The number of nitrogens with zero attached hydrogens (tertiary/aromatic N) is 4. The number of anilines is 2. The van der Waals surface area contributed by atoms with Crippen LogP contribution in [0, 0.1) is 5.92 Å². The zero-order chi connectivity index (χ0) is 13.2. The Kier molecular flexibility index (Phi) is 2.67. The summed E-state index contributed by atoms with van der Waals surface area (Å²) in [5.41, 5.74) is 6.72. The highest BCUT2D eigenvalue weighted by molar-refractivity contribution is 5.94. The Balaban J connectivity index is 1.83. The average Bonchev–Trinajstić information content (AvgIpc) is 2.88. The standard InChI is InChI=1S/C11H11N7O/c12-8-7-9(15-5-14-7)17-11(16-8)18-10(19)6-2-1-3-13-4-6/h1-3,5-6H,4H2,(H4,12,14,15,16,17,18,19). The molecule has 1 amide bonds. The summed E-state index contributed by atoms with van der Waals surface area (Å²) in [5, 5.41) is 2.61. The molecule has 1 aliphatic heterocycles. The molecule has 2 aromatic heterocycles. The van der Waals surface area contributed by atoms with Gasteiger partial charge in [-0.15, -0.1) is 0 Å². The highest BCUT2D eigenvalue weighted by Gasteiger charge is 2.18. The number of aromatic nitrogens is 4. The van der Waals surface area contributed by atoms with Gasteiger partial charge < -0.3 is 10.7 Å². The summed E-state index contributed by atoms with van der Waals surface area (Å²) in [6, 6.07) is 0. The number of dihydropyridines is 1. The molecule has 19 heavy (non-hydrogen) atoms. The first-order chi connectivity index (χ1) is 9.24. The van der Waals surface area contributed by atoms with E-state index in [1.54, 1.807) is 18.4 Å². The number of hydrogen-bond donors (Lipinski definition) is 3. The first kappa shape index (κ1) is 11.3. The first-order valence-corrected chi connectivity index (χ1v) is 5.68. The van der Waals surface area contributed by atoms with Crippen LogP contribution in [0.25, 0.3) is 11.2 Å². The number of H-pyrrole nitrogens is 1. The Labute approximate surface area is 107 Å². The third-order valence-electron chi connectivity index (χ3n) is 2.72. The second-order valence-corrected chi connectivity index (χ2v) is 4.03. The number of amides is 1. The van der Waals surface area contributed by atoms with Crippen molar-refractivity contribution in [3.05, 3.63) is 18.5 Å². The van der Waals surface area contributed by atoms with Crippen molar-refractivity contribution in [3.63, 3.8) is 0 Å². The molecule has 3 rings (SSSR count). The quantitative estimate of drug-likeness (QED) is 0.705. The molecule has 8 heteroatoms. The molecule has 1 unspecified atom stereocenters. The Morgan fingerprint density at radius 1 is 1.47 bits per heavy atom. The molecule has 3 heterocycles. The van der Waals surface area contributed by atoms with Gasteiger partial charge in [0.1, 0.15) is 5.52 Å². The van der Waals surface area contributed by atoms with Crippen LogP contribution in [0.3, 0.4) is 0 Å². The number of nitrogens with one attached hydrogen (secondary N) is 2. The minimum absolute atomic E-state index is 0.144. The number of nitrogens with two attached hydrogens (primary N) is 1. The van der Waals surface area contributed by atoms with Gasteiger partial charge in [-0.05, 0) is 6.08 Å². The third kappa shape index (κ3) is 2.15. The molecule has 0 spiro atoms. The van der Waals surface area contributed by atoms with Crippen LogP contribution in [0.4, 0.5) is 11.8 Å².